The molecule has 7 heteroatoms. The van der Waals surface area contributed by atoms with Crippen molar-refractivity contribution in [2.45, 2.75) is 20.0 Å². The van der Waals surface area contributed by atoms with E-state index in [4.69, 9.17) is 0 Å². The lowest BCUT2D eigenvalue weighted by Crippen LogP contribution is -2.37. The van der Waals surface area contributed by atoms with Crippen LogP contribution in [0, 0.1) is 5.92 Å². The summed E-state index contributed by atoms with van der Waals surface area (Å²) in [6.45, 7) is 3.50. The van der Waals surface area contributed by atoms with Crippen LogP contribution < -0.4 is 10.6 Å². The van der Waals surface area contributed by atoms with Crippen molar-refractivity contribution >= 4 is 5.91 Å². The highest BCUT2D eigenvalue weighted by Crippen LogP contribution is 2.13. The Morgan fingerprint density at radius 2 is 2.00 bits per heavy atom. The molecule has 4 nitrogen and oxygen atoms in total. The van der Waals surface area contributed by atoms with Gasteiger partial charge in [0.1, 0.15) is 6.61 Å². The maximum atomic E-state index is 11.7. The van der Waals surface area contributed by atoms with Crippen LogP contribution in [0.25, 0.3) is 0 Å². The first kappa shape index (κ1) is 16.2. The van der Waals surface area contributed by atoms with E-state index in [-0.39, 0.29) is 25.6 Å². The van der Waals surface area contributed by atoms with Crippen molar-refractivity contribution in [1.29, 1.82) is 0 Å². The first-order valence-electron chi connectivity index (χ1n) is 5.43. The van der Waals surface area contributed by atoms with Crippen LogP contribution in [0.1, 0.15) is 13.8 Å². The number of rotatable bonds is 8. The van der Waals surface area contributed by atoms with E-state index < -0.39 is 12.8 Å². The standard InChI is InChI=1S/C10H19F3N2O2/c1-8(2)5-15-9(16)6-14-3-4-17-7-10(11,12)13/h8,14H,3-7H2,1-2H3,(H,15,16). The Labute approximate surface area is 98.9 Å². The summed E-state index contributed by atoms with van der Waals surface area (Å²) >= 11 is 0. The van der Waals surface area contributed by atoms with E-state index in [9.17, 15) is 18.0 Å². The van der Waals surface area contributed by atoms with E-state index in [1.54, 1.807) is 0 Å². The quantitative estimate of drug-likeness (QED) is 0.635. The largest absolute Gasteiger partial charge is 0.411 e. The number of hydrogen-bond acceptors (Lipinski definition) is 3. The van der Waals surface area contributed by atoms with Gasteiger partial charge in [-0.05, 0) is 5.92 Å². The van der Waals surface area contributed by atoms with Crippen LogP contribution in [-0.2, 0) is 9.53 Å². The fourth-order valence-electron chi connectivity index (χ4n) is 0.915. The zero-order valence-corrected chi connectivity index (χ0v) is 10.1. The second kappa shape index (κ2) is 8.30. The highest BCUT2D eigenvalue weighted by atomic mass is 19.4. The van der Waals surface area contributed by atoms with Gasteiger partial charge in [0.05, 0.1) is 13.2 Å². The zero-order chi connectivity index (χ0) is 13.3. The normalized spacial score (nSPS) is 11.9. The van der Waals surface area contributed by atoms with Crippen molar-refractivity contribution in [3.63, 3.8) is 0 Å². The van der Waals surface area contributed by atoms with Gasteiger partial charge >= 0.3 is 6.18 Å². The summed E-state index contributed by atoms with van der Waals surface area (Å²) in [6, 6.07) is 0. The molecule has 0 saturated heterocycles. The highest BCUT2D eigenvalue weighted by Gasteiger charge is 2.27. The van der Waals surface area contributed by atoms with Gasteiger partial charge in [-0.15, -0.1) is 0 Å². The van der Waals surface area contributed by atoms with Gasteiger partial charge in [-0.1, -0.05) is 13.8 Å². The number of amides is 1. The number of carbonyl (C=O) groups is 1. The Morgan fingerprint density at radius 1 is 1.35 bits per heavy atom. The maximum absolute atomic E-state index is 11.7. The summed E-state index contributed by atoms with van der Waals surface area (Å²) in [5, 5.41) is 5.37. The third-order valence-electron chi connectivity index (χ3n) is 1.68. The van der Waals surface area contributed by atoms with Crippen LogP contribution in [-0.4, -0.2) is 44.9 Å². The van der Waals surface area contributed by atoms with Crippen molar-refractivity contribution < 1.29 is 22.7 Å². The van der Waals surface area contributed by atoms with Gasteiger partial charge < -0.3 is 15.4 Å². The van der Waals surface area contributed by atoms with E-state index in [0.29, 0.717) is 12.5 Å². The Kier molecular flexibility index (Phi) is 7.90. The molecule has 0 unspecified atom stereocenters. The SMILES string of the molecule is CC(C)CNC(=O)CNCCOCC(F)(F)F. The summed E-state index contributed by atoms with van der Waals surface area (Å²) < 4.78 is 39.3. The van der Waals surface area contributed by atoms with Crippen molar-refractivity contribution in [3.05, 3.63) is 0 Å². The van der Waals surface area contributed by atoms with Gasteiger partial charge in [0, 0.05) is 13.1 Å². The van der Waals surface area contributed by atoms with Crippen molar-refractivity contribution in [1.82, 2.24) is 10.6 Å². The Morgan fingerprint density at radius 3 is 2.53 bits per heavy atom. The van der Waals surface area contributed by atoms with E-state index in [0.717, 1.165) is 0 Å². The first-order chi connectivity index (χ1) is 7.81. The molecule has 0 spiro atoms. The number of halogens is 3. The summed E-state index contributed by atoms with van der Waals surface area (Å²) in [5.74, 6) is 0.198. The number of nitrogens with one attached hydrogen (secondary N) is 2. The second-order valence-electron chi connectivity index (χ2n) is 4.04. The van der Waals surface area contributed by atoms with Gasteiger partial charge in [-0.2, -0.15) is 13.2 Å². The fourth-order valence-corrected chi connectivity index (χ4v) is 0.915. The molecule has 0 aliphatic carbocycles. The van der Waals surface area contributed by atoms with Crippen LogP contribution >= 0.6 is 0 Å². The lowest BCUT2D eigenvalue weighted by molar-refractivity contribution is -0.173. The first-order valence-corrected chi connectivity index (χ1v) is 5.43. The molecule has 0 saturated carbocycles. The minimum Gasteiger partial charge on any atom is -0.371 e. The Bertz CT molecular complexity index is 220. The summed E-state index contributed by atoms with van der Waals surface area (Å²) in [7, 11) is 0. The molecule has 0 aromatic rings. The van der Waals surface area contributed by atoms with Crippen LogP contribution in [0.3, 0.4) is 0 Å². The Hall–Kier alpha value is -0.820. The molecule has 0 aromatic heterocycles. The molecule has 0 aliphatic heterocycles. The monoisotopic (exact) mass is 256 g/mol. The van der Waals surface area contributed by atoms with Crippen LogP contribution in [0.5, 0.6) is 0 Å². The predicted molar refractivity (Wildman–Crippen MR) is 57.6 cm³/mol. The predicted octanol–water partition coefficient (Wildman–Crippen LogP) is 0.927. The molecular weight excluding hydrogens is 237 g/mol. The minimum absolute atomic E-state index is 0.0724. The second-order valence-corrected chi connectivity index (χ2v) is 4.04. The average Bonchev–Trinajstić information content (AvgIpc) is 2.18. The van der Waals surface area contributed by atoms with E-state index >= 15 is 0 Å². The Balaban J connectivity index is 3.31. The molecule has 0 radical (unpaired) electrons. The molecule has 0 atom stereocenters. The molecule has 0 fully saturated rings. The van der Waals surface area contributed by atoms with Gasteiger partial charge in [-0.3, -0.25) is 4.79 Å². The molecule has 1 amide bonds. The maximum Gasteiger partial charge on any atom is 0.411 e. The number of alkyl halides is 3. The smallest absolute Gasteiger partial charge is 0.371 e. The molecule has 102 valence electrons. The van der Waals surface area contributed by atoms with E-state index in [2.05, 4.69) is 15.4 Å². The topological polar surface area (TPSA) is 50.4 Å². The van der Waals surface area contributed by atoms with Crippen molar-refractivity contribution in [3.8, 4) is 0 Å². The molecule has 0 rings (SSSR count). The summed E-state index contributed by atoms with van der Waals surface area (Å²) in [5.41, 5.74) is 0. The third kappa shape index (κ3) is 13.1. The van der Waals surface area contributed by atoms with Gasteiger partial charge in [0.15, 0.2) is 0 Å². The van der Waals surface area contributed by atoms with Gasteiger partial charge in [0.25, 0.3) is 0 Å². The average molecular weight is 256 g/mol. The third-order valence-corrected chi connectivity index (χ3v) is 1.68. The molecule has 0 heterocycles. The van der Waals surface area contributed by atoms with Crippen LogP contribution in [0.15, 0.2) is 0 Å². The molecule has 0 aromatic carbocycles. The number of ether oxygens (including phenoxy) is 1. The molecular formula is C10H19F3N2O2. The van der Waals surface area contributed by atoms with Crippen molar-refractivity contribution in [2.75, 3.05) is 32.8 Å². The minimum atomic E-state index is -4.30. The number of carbonyl (C=O) groups excluding carboxylic acids is 1. The fraction of sp³-hybridized carbons (Fsp3) is 0.900. The number of hydrogen-bond donors (Lipinski definition) is 2. The van der Waals surface area contributed by atoms with E-state index in [1.165, 1.54) is 0 Å². The summed E-state index contributed by atoms with van der Waals surface area (Å²) in [4.78, 5) is 11.1. The zero-order valence-electron chi connectivity index (χ0n) is 10.1. The van der Waals surface area contributed by atoms with Gasteiger partial charge in [0.2, 0.25) is 5.91 Å². The molecule has 0 bridgehead atoms. The summed E-state index contributed by atoms with van der Waals surface area (Å²) in [6.07, 6.45) is -4.30. The molecule has 0 aliphatic rings. The lowest BCUT2D eigenvalue weighted by Gasteiger charge is -2.09. The highest BCUT2D eigenvalue weighted by molar-refractivity contribution is 5.77. The van der Waals surface area contributed by atoms with Crippen molar-refractivity contribution in [2.24, 2.45) is 5.92 Å². The lowest BCUT2D eigenvalue weighted by atomic mass is 10.2. The molecule has 17 heavy (non-hydrogen) atoms. The molecule has 2 N–H and O–H groups in total. The van der Waals surface area contributed by atoms with E-state index in [1.807, 2.05) is 13.8 Å². The van der Waals surface area contributed by atoms with Gasteiger partial charge in [-0.25, -0.2) is 0 Å². The van der Waals surface area contributed by atoms with Crippen LogP contribution in [0.2, 0.25) is 0 Å². The van der Waals surface area contributed by atoms with Crippen LogP contribution in [0.4, 0.5) is 13.2 Å².